The van der Waals surface area contributed by atoms with Gasteiger partial charge in [0.25, 0.3) is 5.91 Å². The summed E-state index contributed by atoms with van der Waals surface area (Å²) in [6.07, 6.45) is 9.96. The van der Waals surface area contributed by atoms with Crippen LogP contribution in [-0.2, 0) is 6.42 Å². The van der Waals surface area contributed by atoms with Crippen LogP contribution >= 0.6 is 0 Å². The number of carbonyl (C=O) groups is 1. The number of rotatable bonds is 3. The molecular formula is C15H19N3O2. The molecule has 2 aromatic heterocycles. The number of aromatic nitrogens is 2. The zero-order chi connectivity index (χ0) is 13.9. The number of likely N-dealkylation sites (tertiary alicyclic amines) is 1. The van der Waals surface area contributed by atoms with Gasteiger partial charge in [-0.1, -0.05) is 6.92 Å². The quantitative estimate of drug-likeness (QED) is 0.863. The van der Waals surface area contributed by atoms with E-state index in [4.69, 9.17) is 4.42 Å². The number of piperidine rings is 1. The lowest BCUT2D eigenvalue weighted by molar-refractivity contribution is 0.0677. The second-order valence-corrected chi connectivity index (χ2v) is 5.16. The first-order valence-corrected chi connectivity index (χ1v) is 7.12. The summed E-state index contributed by atoms with van der Waals surface area (Å²) in [7, 11) is 0. The Balaban J connectivity index is 1.75. The average molecular weight is 273 g/mol. The molecular weight excluding hydrogens is 254 g/mol. The van der Waals surface area contributed by atoms with Crippen molar-refractivity contribution in [3.8, 4) is 0 Å². The van der Waals surface area contributed by atoms with Crippen LogP contribution in [0.1, 0.15) is 42.0 Å². The van der Waals surface area contributed by atoms with Gasteiger partial charge >= 0.3 is 0 Å². The molecule has 0 aliphatic carbocycles. The molecule has 0 aromatic carbocycles. The predicted octanol–water partition coefficient (Wildman–Crippen LogP) is 2.52. The molecule has 0 radical (unpaired) electrons. The SMILES string of the molecule is CCc1nccn1[C@@H]1CCCN(C(=O)c2ccoc2)C1. The van der Waals surface area contributed by atoms with Gasteiger partial charge in [0.15, 0.2) is 0 Å². The highest BCUT2D eigenvalue weighted by Crippen LogP contribution is 2.24. The molecule has 20 heavy (non-hydrogen) atoms. The summed E-state index contributed by atoms with van der Waals surface area (Å²) in [6, 6.07) is 2.05. The van der Waals surface area contributed by atoms with Crippen LogP contribution < -0.4 is 0 Å². The topological polar surface area (TPSA) is 51.3 Å². The van der Waals surface area contributed by atoms with Gasteiger partial charge in [0, 0.05) is 31.9 Å². The number of amides is 1. The summed E-state index contributed by atoms with van der Waals surface area (Å²) < 4.78 is 7.22. The minimum Gasteiger partial charge on any atom is -0.472 e. The zero-order valence-electron chi connectivity index (χ0n) is 11.7. The third kappa shape index (κ3) is 2.35. The van der Waals surface area contributed by atoms with Crippen LogP contribution in [0.3, 0.4) is 0 Å². The summed E-state index contributed by atoms with van der Waals surface area (Å²) in [5, 5.41) is 0. The smallest absolute Gasteiger partial charge is 0.257 e. The number of carbonyl (C=O) groups excluding carboxylic acids is 1. The average Bonchev–Trinajstić information content (AvgIpc) is 3.17. The maximum absolute atomic E-state index is 12.4. The van der Waals surface area contributed by atoms with Gasteiger partial charge in [-0.15, -0.1) is 0 Å². The van der Waals surface area contributed by atoms with Crippen molar-refractivity contribution in [1.29, 1.82) is 0 Å². The molecule has 1 fully saturated rings. The van der Waals surface area contributed by atoms with E-state index in [1.807, 2.05) is 17.3 Å². The lowest BCUT2D eigenvalue weighted by atomic mass is 10.0. The van der Waals surface area contributed by atoms with Crippen LogP contribution in [0.25, 0.3) is 0 Å². The third-order valence-electron chi connectivity index (χ3n) is 3.91. The minimum absolute atomic E-state index is 0.0570. The van der Waals surface area contributed by atoms with Crippen molar-refractivity contribution in [2.75, 3.05) is 13.1 Å². The third-order valence-corrected chi connectivity index (χ3v) is 3.91. The van der Waals surface area contributed by atoms with Crippen LogP contribution in [0.4, 0.5) is 0 Å². The minimum atomic E-state index is 0.0570. The summed E-state index contributed by atoms with van der Waals surface area (Å²) in [6.45, 7) is 3.67. The van der Waals surface area contributed by atoms with Gasteiger partial charge in [-0.25, -0.2) is 4.98 Å². The Morgan fingerprint density at radius 3 is 3.20 bits per heavy atom. The van der Waals surface area contributed by atoms with Crippen molar-refractivity contribution in [3.63, 3.8) is 0 Å². The fourth-order valence-electron chi connectivity index (χ4n) is 2.89. The summed E-state index contributed by atoms with van der Waals surface area (Å²) in [5.41, 5.74) is 0.631. The highest BCUT2D eigenvalue weighted by molar-refractivity contribution is 5.93. The Morgan fingerprint density at radius 1 is 1.55 bits per heavy atom. The monoisotopic (exact) mass is 273 g/mol. The van der Waals surface area contributed by atoms with Crippen LogP contribution in [0.15, 0.2) is 35.4 Å². The van der Waals surface area contributed by atoms with E-state index < -0.39 is 0 Å². The normalized spacial score (nSPS) is 19.2. The molecule has 1 atom stereocenters. The van der Waals surface area contributed by atoms with Crippen LogP contribution in [0.5, 0.6) is 0 Å². The molecule has 3 heterocycles. The van der Waals surface area contributed by atoms with Crippen molar-refractivity contribution in [3.05, 3.63) is 42.4 Å². The first kappa shape index (κ1) is 13.0. The lowest BCUT2D eigenvalue weighted by Gasteiger charge is -2.33. The molecule has 5 heteroatoms. The molecule has 1 aliphatic heterocycles. The largest absolute Gasteiger partial charge is 0.472 e. The second kappa shape index (κ2) is 5.53. The number of nitrogens with zero attached hydrogens (tertiary/aromatic N) is 3. The predicted molar refractivity (Wildman–Crippen MR) is 74.5 cm³/mol. The lowest BCUT2D eigenvalue weighted by Crippen LogP contribution is -2.40. The Kier molecular flexibility index (Phi) is 3.58. The molecule has 106 valence electrons. The first-order chi connectivity index (χ1) is 9.79. The molecule has 0 saturated carbocycles. The van der Waals surface area contributed by atoms with E-state index in [-0.39, 0.29) is 5.91 Å². The summed E-state index contributed by atoms with van der Waals surface area (Å²) in [4.78, 5) is 18.7. The van der Waals surface area contributed by atoms with E-state index >= 15 is 0 Å². The highest BCUT2D eigenvalue weighted by atomic mass is 16.3. The number of hydrogen-bond acceptors (Lipinski definition) is 3. The van der Waals surface area contributed by atoms with Crippen molar-refractivity contribution in [1.82, 2.24) is 14.5 Å². The van der Waals surface area contributed by atoms with E-state index in [0.717, 1.165) is 38.2 Å². The molecule has 2 aromatic rings. The molecule has 0 N–H and O–H groups in total. The number of aryl methyl sites for hydroxylation is 1. The number of furan rings is 1. The van der Waals surface area contributed by atoms with E-state index in [2.05, 4.69) is 16.5 Å². The number of imidazole rings is 1. The van der Waals surface area contributed by atoms with Gasteiger partial charge in [0.2, 0.25) is 0 Å². The summed E-state index contributed by atoms with van der Waals surface area (Å²) in [5.74, 6) is 1.15. The summed E-state index contributed by atoms with van der Waals surface area (Å²) >= 11 is 0. The van der Waals surface area contributed by atoms with Gasteiger partial charge < -0.3 is 13.9 Å². The maximum Gasteiger partial charge on any atom is 0.257 e. The molecule has 0 bridgehead atoms. The molecule has 1 aliphatic rings. The Labute approximate surface area is 118 Å². The Bertz CT molecular complexity index is 574. The van der Waals surface area contributed by atoms with Gasteiger partial charge in [-0.2, -0.15) is 0 Å². The maximum atomic E-state index is 12.4. The van der Waals surface area contributed by atoms with Gasteiger partial charge in [0.05, 0.1) is 17.9 Å². The van der Waals surface area contributed by atoms with Gasteiger partial charge in [0.1, 0.15) is 12.1 Å². The molecule has 5 nitrogen and oxygen atoms in total. The van der Waals surface area contributed by atoms with Crippen molar-refractivity contribution < 1.29 is 9.21 Å². The van der Waals surface area contributed by atoms with E-state index in [9.17, 15) is 4.79 Å². The van der Waals surface area contributed by atoms with Crippen LogP contribution in [-0.4, -0.2) is 33.4 Å². The zero-order valence-corrected chi connectivity index (χ0v) is 11.7. The van der Waals surface area contributed by atoms with E-state index in [0.29, 0.717) is 11.6 Å². The van der Waals surface area contributed by atoms with E-state index in [1.54, 1.807) is 12.3 Å². The van der Waals surface area contributed by atoms with E-state index in [1.165, 1.54) is 6.26 Å². The first-order valence-electron chi connectivity index (χ1n) is 7.12. The standard InChI is InChI=1S/C15H19N3O2/c1-2-14-16-6-8-18(14)13-4-3-7-17(10-13)15(19)12-5-9-20-11-12/h5-6,8-9,11,13H,2-4,7,10H2,1H3/t13-/m1/s1. The van der Waals surface area contributed by atoms with Crippen molar-refractivity contribution in [2.24, 2.45) is 0 Å². The molecule has 3 rings (SSSR count). The van der Waals surface area contributed by atoms with Crippen molar-refractivity contribution in [2.45, 2.75) is 32.2 Å². The fourth-order valence-corrected chi connectivity index (χ4v) is 2.89. The van der Waals surface area contributed by atoms with Crippen LogP contribution in [0.2, 0.25) is 0 Å². The second-order valence-electron chi connectivity index (χ2n) is 5.16. The Morgan fingerprint density at radius 2 is 2.45 bits per heavy atom. The molecule has 1 amide bonds. The molecule has 0 unspecified atom stereocenters. The Hall–Kier alpha value is -2.04. The number of hydrogen-bond donors (Lipinski definition) is 0. The van der Waals surface area contributed by atoms with Gasteiger partial charge in [-0.05, 0) is 18.9 Å². The highest BCUT2D eigenvalue weighted by Gasteiger charge is 2.26. The fraction of sp³-hybridized carbons (Fsp3) is 0.467. The van der Waals surface area contributed by atoms with Crippen LogP contribution in [0, 0.1) is 0 Å². The van der Waals surface area contributed by atoms with Gasteiger partial charge in [-0.3, -0.25) is 4.79 Å². The van der Waals surface area contributed by atoms with Crippen molar-refractivity contribution >= 4 is 5.91 Å². The molecule has 1 saturated heterocycles. The molecule has 0 spiro atoms.